The summed E-state index contributed by atoms with van der Waals surface area (Å²) in [6.45, 7) is 3.39. The molecule has 7 nitrogen and oxygen atoms in total. The molecule has 1 aromatic heterocycles. The Bertz CT molecular complexity index is 1140. The number of carbonyl (C=O) groups is 2. The number of nitrogens with one attached hydrogen (secondary N) is 1. The van der Waals surface area contributed by atoms with Crippen molar-refractivity contribution in [2.75, 3.05) is 6.61 Å². The molecule has 0 aliphatic rings. The van der Waals surface area contributed by atoms with Gasteiger partial charge in [-0.3, -0.25) is 4.79 Å². The predicted octanol–water partition coefficient (Wildman–Crippen LogP) is 1.91. The van der Waals surface area contributed by atoms with Crippen molar-refractivity contribution in [1.29, 1.82) is 0 Å². The summed E-state index contributed by atoms with van der Waals surface area (Å²) in [4.78, 5) is 35.6. The number of ether oxygens (including phenoxy) is 1. The Balaban J connectivity index is 1.71. The highest BCUT2D eigenvalue weighted by molar-refractivity contribution is 5.86. The molecular weight excluding hydrogens is 398 g/mol. The van der Waals surface area contributed by atoms with Gasteiger partial charge in [0.1, 0.15) is 11.3 Å². The molecule has 0 unspecified atom stereocenters. The third-order valence-electron chi connectivity index (χ3n) is 4.98. The van der Waals surface area contributed by atoms with E-state index in [4.69, 9.17) is 9.15 Å². The maximum absolute atomic E-state index is 12.3. The van der Waals surface area contributed by atoms with E-state index in [2.05, 4.69) is 5.32 Å². The molecule has 31 heavy (non-hydrogen) atoms. The monoisotopic (exact) mass is 422 g/mol. The topological polar surface area (TPSA) is 109 Å². The highest BCUT2D eigenvalue weighted by Gasteiger charge is 2.16. The number of carboxylic acid groups (broad SMARTS) is 1. The third kappa shape index (κ3) is 5.51. The van der Waals surface area contributed by atoms with Gasteiger partial charge in [0, 0.05) is 17.0 Å². The predicted molar refractivity (Wildman–Crippen MR) is 114 cm³/mol. The number of amides is 1. The maximum atomic E-state index is 12.3. The standard InChI is InChI=1S/C24H25NO6/c1-3-7-17-13-22(27)31-23-15(2)20(11-10-18(17)23)30-14-21(26)25-19(24(28)29)12-16-8-5-4-6-9-16/h4-6,8-11,13,19H,3,7,12,14H2,1-2H3,(H,25,26)(H,28,29)/p-1/t19-/m0/s1. The number of fused-ring (bicyclic) bond motifs is 1. The average Bonchev–Trinajstić information content (AvgIpc) is 2.74. The van der Waals surface area contributed by atoms with Gasteiger partial charge in [0.2, 0.25) is 0 Å². The number of carboxylic acids is 1. The molecule has 3 aromatic rings. The minimum absolute atomic E-state index is 0.106. The Morgan fingerprint density at radius 3 is 2.58 bits per heavy atom. The Morgan fingerprint density at radius 1 is 1.16 bits per heavy atom. The number of carbonyl (C=O) groups excluding carboxylic acids is 2. The van der Waals surface area contributed by atoms with E-state index in [-0.39, 0.29) is 13.0 Å². The minimum atomic E-state index is -1.37. The second-order valence-corrected chi connectivity index (χ2v) is 7.32. The highest BCUT2D eigenvalue weighted by atomic mass is 16.5. The Hall–Kier alpha value is -3.61. The fourth-order valence-corrected chi connectivity index (χ4v) is 3.46. The van der Waals surface area contributed by atoms with Gasteiger partial charge in [-0.25, -0.2) is 4.79 Å². The molecule has 3 rings (SSSR count). The summed E-state index contributed by atoms with van der Waals surface area (Å²) >= 11 is 0. The summed E-state index contributed by atoms with van der Waals surface area (Å²) in [5.41, 5.74) is 2.25. The highest BCUT2D eigenvalue weighted by Crippen LogP contribution is 2.28. The van der Waals surface area contributed by atoms with Crippen LogP contribution in [0.2, 0.25) is 0 Å². The zero-order valence-corrected chi connectivity index (χ0v) is 17.5. The molecular formula is C24H24NO6-. The molecule has 0 aliphatic carbocycles. The van der Waals surface area contributed by atoms with E-state index < -0.39 is 23.5 Å². The largest absolute Gasteiger partial charge is 0.548 e. The van der Waals surface area contributed by atoms with Gasteiger partial charge in [0.15, 0.2) is 6.61 Å². The first-order chi connectivity index (χ1) is 14.9. The van der Waals surface area contributed by atoms with Crippen LogP contribution in [0.15, 0.2) is 57.7 Å². The second-order valence-electron chi connectivity index (χ2n) is 7.32. The molecule has 0 saturated carbocycles. The lowest BCUT2D eigenvalue weighted by atomic mass is 10.0. The summed E-state index contributed by atoms with van der Waals surface area (Å²) in [6.07, 6.45) is 1.74. The number of hydrogen-bond acceptors (Lipinski definition) is 6. The van der Waals surface area contributed by atoms with E-state index >= 15 is 0 Å². The molecule has 0 radical (unpaired) electrons. The molecule has 1 atom stereocenters. The van der Waals surface area contributed by atoms with Crippen LogP contribution in [0.5, 0.6) is 5.75 Å². The van der Waals surface area contributed by atoms with Crippen LogP contribution >= 0.6 is 0 Å². The van der Waals surface area contributed by atoms with Gasteiger partial charge in [-0.2, -0.15) is 0 Å². The number of rotatable bonds is 9. The lowest BCUT2D eigenvalue weighted by molar-refractivity contribution is -0.308. The van der Waals surface area contributed by atoms with Crippen molar-refractivity contribution in [3.05, 3.63) is 75.6 Å². The van der Waals surface area contributed by atoms with Gasteiger partial charge in [0.25, 0.3) is 5.91 Å². The lowest BCUT2D eigenvalue weighted by Gasteiger charge is -2.20. The molecule has 0 bridgehead atoms. The average molecular weight is 422 g/mol. The van der Waals surface area contributed by atoms with E-state index in [0.29, 0.717) is 16.9 Å². The number of benzene rings is 2. The summed E-state index contributed by atoms with van der Waals surface area (Å²) in [6, 6.07) is 12.8. The molecule has 1 amide bonds. The molecule has 1 heterocycles. The van der Waals surface area contributed by atoms with Crippen LogP contribution in [0.3, 0.4) is 0 Å². The summed E-state index contributed by atoms with van der Waals surface area (Å²) in [5, 5.41) is 14.7. The zero-order chi connectivity index (χ0) is 22.4. The Labute approximate surface area is 179 Å². The third-order valence-corrected chi connectivity index (χ3v) is 4.98. The maximum Gasteiger partial charge on any atom is 0.336 e. The van der Waals surface area contributed by atoms with E-state index in [1.54, 1.807) is 43.3 Å². The fourth-order valence-electron chi connectivity index (χ4n) is 3.46. The van der Waals surface area contributed by atoms with E-state index in [1.165, 1.54) is 6.07 Å². The SMILES string of the molecule is CCCc1cc(=O)oc2c(C)c(OCC(=O)N[C@@H](Cc3ccccc3)C(=O)[O-])ccc12. The zero-order valence-electron chi connectivity index (χ0n) is 17.5. The number of aryl methyl sites for hydroxylation is 2. The fraction of sp³-hybridized carbons (Fsp3) is 0.292. The molecule has 0 spiro atoms. The van der Waals surface area contributed by atoms with Crippen LogP contribution in [0.1, 0.15) is 30.0 Å². The smallest absolute Gasteiger partial charge is 0.336 e. The van der Waals surface area contributed by atoms with Crippen molar-refractivity contribution in [2.45, 2.75) is 39.2 Å². The molecule has 0 aliphatic heterocycles. The van der Waals surface area contributed by atoms with E-state index in [1.807, 2.05) is 13.0 Å². The lowest BCUT2D eigenvalue weighted by Crippen LogP contribution is -2.50. The van der Waals surface area contributed by atoms with Gasteiger partial charge in [0.05, 0.1) is 12.0 Å². The van der Waals surface area contributed by atoms with E-state index in [0.717, 1.165) is 29.4 Å². The van der Waals surface area contributed by atoms with Crippen LogP contribution in [-0.4, -0.2) is 24.5 Å². The molecule has 0 saturated heterocycles. The van der Waals surface area contributed by atoms with Crippen LogP contribution < -0.4 is 20.8 Å². The van der Waals surface area contributed by atoms with Gasteiger partial charge in [-0.05, 0) is 43.0 Å². The van der Waals surface area contributed by atoms with Gasteiger partial charge < -0.3 is 24.4 Å². The van der Waals surface area contributed by atoms with Crippen LogP contribution in [0, 0.1) is 6.92 Å². The van der Waals surface area contributed by atoms with Crippen LogP contribution in [0.4, 0.5) is 0 Å². The van der Waals surface area contributed by atoms with Gasteiger partial charge in [-0.15, -0.1) is 0 Å². The first kappa shape index (κ1) is 22.1. The van der Waals surface area contributed by atoms with Crippen molar-refractivity contribution >= 4 is 22.8 Å². The normalized spacial score (nSPS) is 11.8. The van der Waals surface area contributed by atoms with Crippen LogP contribution in [-0.2, 0) is 22.4 Å². The first-order valence-electron chi connectivity index (χ1n) is 10.1. The minimum Gasteiger partial charge on any atom is -0.548 e. The first-order valence-corrected chi connectivity index (χ1v) is 10.1. The Kier molecular flexibility index (Phi) is 7.07. The van der Waals surface area contributed by atoms with Gasteiger partial charge in [-0.1, -0.05) is 43.7 Å². The summed E-state index contributed by atoms with van der Waals surface area (Å²) in [7, 11) is 0. The number of hydrogen-bond donors (Lipinski definition) is 1. The van der Waals surface area contributed by atoms with Crippen LogP contribution in [0.25, 0.3) is 11.0 Å². The van der Waals surface area contributed by atoms with Crippen molar-refractivity contribution in [3.63, 3.8) is 0 Å². The van der Waals surface area contributed by atoms with Crippen molar-refractivity contribution < 1.29 is 23.8 Å². The second kappa shape index (κ2) is 9.93. The summed E-state index contributed by atoms with van der Waals surface area (Å²) < 4.78 is 11.0. The molecule has 7 heteroatoms. The van der Waals surface area contributed by atoms with Crippen molar-refractivity contribution in [2.24, 2.45) is 0 Å². The summed E-state index contributed by atoms with van der Waals surface area (Å²) in [5.74, 6) is -1.58. The molecule has 1 N–H and O–H groups in total. The molecule has 0 fully saturated rings. The Morgan fingerprint density at radius 2 is 1.90 bits per heavy atom. The quantitative estimate of drug-likeness (QED) is 0.528. The van der Waals surface area contributed by atoms with E-state index in [9.17, 15) is 19.5 Å². The van der Waals surface area contributed by atoms with Gasteiger partial charge >= 0.3 is 5.63 Å². The van der Waals surface area contributed by atoms with Crippen molar-refractivity contribution in [1.82, 2.24) is 5.32 Å². The molecule has 2 aromatic carbocycles. The molecule has 162 valence electrons. The van der Waals surface area contributed by atoms with Crippen molar-refractivity contribution in [3.8, 4) is 5.75 Å². The number of aliphatic carboxylic acids is 1.